The van der Waals surface area contributed by atoms with Crippen molar-refractivity contribution in [3.05, 3.63) is 119 Å². The maximum Gasteiger partial charge on any atom is 0.255 e. The lowest BCUT2D eigenvalue weighted by Gasteiger charge is -2.29. The zero-order chi connectivity index (χ0) is 38.0. The minimum absolute atomic E-state index is 0.153. The second kappa shape index (κ2) is 17.6. The molecule has 0 aromatic heterocycles. The van der Waals surface area contributed by atoms with Crippen LogP contribution in [0.5, 0.6) is 17.2 Å². The molecule has 1 unspecified atom stereocenters. The van der Waals surface area contributed by atoms with Crippen LogP contribution in [-0.4, -0.2) is 77.7 Å². The molecule has 12 heteroatoms. The van der Waals surface area contributed by atoms with Crippen LogP contribution in [-0.2, 0) is 25.7 Å². The van der Waals surface area contributed by atoms with E-state index in [0.717, 1.165) is 45.5 Å². The molecule has 0 bridgehead atoms. The van der Waals surface area contributed by atoms with Gasteiger partial charge >= 0.3 is 0 Å². The summed E-state index contributed by atoms with van der Waals surface area (Å²) in [5.74, 6) is -0.0944. The Kier molecular flexibility index (Phi) is 12.2. The first-order valence-electron chi connectivity index (χ1n) is 18.1. The van der Waals surface area contributed by atoms with Crippen molar-refractivity contribution in [1.82, 2.24) is 15.5 Å². The number of nitrogens with one attached hydrogen (secondary N) is 3. The van der Waals surface area contributed by atoms with E-state index in [9.17, 15) is 29.4 Å². The summed E-state index contributed by atoms with van der Waals surface area (Å²) in [5, 5.41) is 28.2. The fraction of sp³-hybridized carbons (Fsp3) is 0.286. The number of hydrogen-bond donors (Lipinski definition) is 5. The first-order valence-corrected chi connectivity index (χ1v) is 18.1. The van der Waals surface area contributed by atoms with Gasteiger partial charge in [0.2, 0.25) is 17.7 Å². The van der Waals surface area contributed by atoms with Gasteiger partial charge in [-0.3, -0.25) is 24.5 Å². The summed E-state index contributed by atoms with van der Waals surface area (Å²) < 4.78 is 11.6. The second-order valence-corrected chi connectivity index (χ2v) is 13.0. The molecule has 54 heavy (non-hydrogen) atoms. The van der Waals surface area contributed by atoms with E-state index in [-0.39, 0.29) is 61.8 Å². The molecule has 280 valence electrons. The van der Waals surface area contributed by atoms with E-state index in [4.69, 9.17) is 9.47 Å². The molecule has 0 saturated carbocycles. The summed E-state index contributed by atoms with van der Waals surface area (Å²) in [4.78, 5) is 50.9. The average molecular weight is 733 g/mol. The van der Waals surface area contributed by atoms with Crippen molar-refractivity contribution in [1.29, 1.82) is 0 Å². The highest BCUT2D eigenvalue weighted by Crippen LogP contribution is 2.36. The summed E-state index contributed by atoms with van der Waals surface area (Å²) in [5.41, 5.74) is 7.14. The maximum absolute atomic E-state index is 13.0. The van der Waals surface area contributed by atoms with Gasteiger partial charge in [-0.05, 0) is 89.2 Å². The number of aromatic hydroxyl groups is 2. The van der Waals surface area contributed by atoms with E-state index in [1.54, 1.807) is 36.4 Å². The van der Waals surface area contributed by atoms with Crippen LogP contribution in [0.1, 0.15) is 65.2 Å². The predicted octanol–water partition coefficient (Wildman–Crippen LogP) is 5.24. The number of benzene rings is 4. The van der Waals surface area contributed by atoms with E-state index in [1.807, 2.05) is 54.6 Å². The highest BCUT2D eigenvalue weighted by molar-refractivity contribution is 6.06. The van der Waals surface area contributed by atoms with Gasteiger partial charge in [0.25, 0.3) is 5.91 Å². The minimum Gasteiger partial charge on any atom is -0.508 e. The molecule has 12 nitrogen and oxygen atoms in total. The molecule has 1 atom stereocenters. The van der Waals surface area contributed by atoms with Crippen molar-refractivity contribution in [3.63, 3.8) is 0 Å². The number of phenolic OH excluding ortho intramolecular Hbond substituents is 2. The number of ether oxygens (including phenoxy) is 2. The fourth-order valence-corrected chi connectivity index (χ4v) is 6.77. The van der Waals surface area contributed by atoms with E-state index in [1.165, 1.54) is 4.90 Å². The van der Waals surface area contributed by atoms with E-state index in [2.05, 4.69) is 22.9 Å². The molecular weight excluding hydrogens is 688 g/mol. The predicted molar refractivity (Wildman–Crippen MR) is 204 cm³/mol. The third-order valence-corrected chi connectivity index (χ3v) is 9.48. The monoisotopic (exact) mass is 732 g/mol. The van der Waals surface area contributed by atoms with Crippen molar-refractivity contribution in [2.24, 2.45) is 0 Å². The van der Waals surface area contributed by atoms with Gasteiger partial charge in [0.1, 0.15) is 29.9 Å². The van der Waals surface area contributed by atoms with Gasteiger partial charge in [0.05, 0.1) is 19.8 Å². The first kappa shape index (κ1) is 37.6. The van der Waals surface area contributed by atoms with Crippen molar-refractivity contribution >= 4 is 40.5 Å². The Morgan fingerprint density at radius 1 is 0.833 bits per heavy atom. The smallest absolute Gasteiger partial charge is 0.255 e. The molecule has 4 amide bonds. The van der Waals surface area contributed by atoms with Gasteiger partial charge in [-0.15, -0.1) is 0 Å². The molecular formula is C42H44N4O8. The molecule has 6 rings (SSSR count). The number of fused-ring (bicyclic) bond motifs is 1. The van der Waals surface area contributed by atoms with Gasteiger partial charge in [-0.1, -0.05) is 49.4 Å². The number of anilines is 1. The third kappa shape index (κ3) is 9.07. The lowest BCUT2D eigenvalue weighted by Crippen LogP contribution is -2.52. The fourth-order valence-electron chi connectivity index (χ4n) is 6.77. The molecule has 4 aromatic carbocycles. The Morgan fingerprint density at radius 3 is 2.17 bits per heavy atom. The van der Waals surface area contributed by atoms with E-state index >= 15 is 0 Å². The van der Waals surface area contributed by atoms with Gasteiger partial charge < -0.3 is 35.2 Å². The topological polar surface area (TPSA) is 167 Å². The highest BCUT2D eigenvalue weighted by Gasteiger charge is 2.39. The first-order chi connectivity index (χ1) is 26.2. The van der Waals surface area contributed by atoms with Crippen LogP contribution in [0, 0.1) is 0 Å². The Morgan fingerprint density at radius 2 is 1.50 bits per heavy atom. The van der Waals surface area contributed by atoms with Crippen molar-refractivity contribution in [2.75, 3.05) is 38.2 Å². The number of imide groups is 1. The zero-order valence-corrected chi connectivity index (χ0v) is 30.1. The number of hydrogen-bond acceptors (Lipinski definition) is 9. The quantitative estimate of drug-likeness (QED) is 0.0588. The molecule has 1 saturated heterocycles. The third-order valence-electron chi connectivity index (χ3n) is 9.48. The molecule has 2 aliphatic heterocycles. The number of piperidine rings is 1. The molecule has 0 spiro atoms. The standard InChI is InChI=1S/C42H44N4O8/c1-2-33(27-6-12-30(47)13-7-27)40(28-8-14-31(48)15-9-28)29-10-16-32(17-11-29)54-25-22-44-38(49)20-23-53-24-21-43-36-5-3-4-34-35(36)26-46(42(34)52)37-18-19-39(50)45-41(37)51/h3-17,37,43,47-48H,2,18-26H2,1H3,(H,44,49)(H,45,50,51). The molecule has 1 fully saturated rings. The van der Waals surface area contributed by atoms with Crippen LogP contribution in [0.3, 0.4) is 0 Å². The zero-order valence-electron chi connectivity index (χ0n) is 30.1. The summed E-state index contributed by atoms with van der Waals surface area (Å²) in [7, 11) is 0. The number of phenols is 2. The molecule has 4 aromatic rings. The van der Waals surface area contributed by atoms with Crippen LogP contribution in [0.25, 0.3) is 11.1 Å². The van der Waals surface area contributed by atoms with Gasteiger partial charge in [0.15, 0.2) is 0 Å². The highest BCUT2D eigenvalue weighted by atomic mass is 16.5. The summed E-state index contributed by atoms with van der Waals surface area (Å²) in [6, 6.07) is 26.7. The Labute approximate surface area is 313 Å². The lowest BCUT2D eigenvalue weighted by atomic mass is 9.88. The average Bonchev–Trinajstić information content (AvgIpc) is 3.51. The Bertz CT molecular complexity index is 2010. The van der Waals surface area contributed by atoms with Gasteiger partial charge in [-0.25, -0.2) is 0 Å². The lowest BCUT2D eigenvalue weighted by molar-refractivity contribution is -0.137. The molecule has 2 heterocycles. The number of rotatable bonds is 16. The number of carbonyl (C=O) groups is 4. The number of nitrogens with zero attached hydrogens (tertiary/aromatic N) is 1. The van der Waals surface area contributed by atoms with Crippen LogP contribution in [0.15, 0.2) is 91.0 Å². The van der Waals surface area contributed by atoms with Crippen molar-refractivity contribution < 1.29 is 38.9 Å². The minimum atomic E-state index is -0.671. The van der Waals surface area contributed by atoms with Crippen LogP contribution in [0.4, 0.5) is 5.69 Å². The number of amides is 4. The molecule has 0 aliphatic carbocycles. The molecule has 2 aliphatic rings. The van der Waals surface area contributed by atoms with Crippen molar-refractivity contribution in [3.8, 4) is 17.2 Å². The van der Waals surface area contributed by atoms with E-state index in [0.29, 0.717) is 37.4 Å². The van der Waals surface area contributed by atoms with Gasteiger partial charge in [0, 0.05) is 42.7 Å². The summed E-state index contributed by atoms with van der Waals surface area (Å²) in [6.07, 6.45) is 1.45. The van der Waals surface area contributed by atoms with E-state index < -0.39 is 11.9 Å². The Balaban J connectivity index is 0.921. The molecule has 0 radical (unpaired) electrons. The Hall–Kier alpha value is -6.14. The summed E-state index contributed by atoms with van der Waals surface area (Å²) >= 11 is 0. The normalized spacial score (nSPS) is 15.7. The van der Waals surface area contributed by atoms with Crippen LogP contribution < -0.4 is 20.7 Å². The summed E-state index contributed by atoms with van der Waals surface area (Å²) in [6.45, 7) is 4.02. The second-order valence-electron chi connectivity index (χ2n) is 13.0. The van der Waals surface area contributed by atoms with Crippen molar-refractivity contribution in [2.45, 2.75) is 45.2 Å². The maximum atomic E-state index is 13.0. The van der Waals surface area contributed by atoms with Crippen LogP contribution >= 0.6 is 0 Å². The number of carbonyl (C=O) groups excluding carboxylic acids is 4. The van der Waals surface area contributed by atoms with Gasteiger partial charge in [-0.2, -0.15) is 0 Å². The largest absolute Gasteiger partial charge is 0.508 e. The van der Waals surface area contributed by atoms with Crippen LogP contribution in [0.2, 0.25) is 0 Å². The molecule has 5 N–H and O–H groups in total. The SMILES string of the molecule is CCC(=C(c1ccc(O)cc1)c1ccc(OCCNC(=O)CCOCCNc2cccc3c2CN(C2CCC(=O)NC2=O)C3=O)cc1)c1ccc(O)cc1. The number of allylic oxidation sites excluding steroid dienone is 1.